The standard InChI is InChI=1S/C20H20ClFN2O3/c1-14(27-18-8-3-2-7-17(18)21)19(25)23-9-11-24(12-10-23)20(26)15-5-4-6-16(22)13-15/h2-8,13-14H,9-12H2,1H3. The van der Waals surface area contributed by atoms with Gasteiger partial charge in [0.15, 0.2) is 6.10 Å². The average molecular weight is 391 g/mol. The Morgan fingerprint density at radius 1 is 1.04 bits per heavy atom. The van der Waals surface area contributed by atoms with E-state index in [1.54, 1.807) is 47.1 Å². The number of rotatable bonds is 4. The number of carbonyl (C=O) groups is 2. The Morgan fingerprint density at radius 3 is 2.37 bits per heavy atom. The van der Waals surface area contributed by atoms with Crippen molar-refractivity contribution in [2.75, 3.05) is 26.2 Å². The quantitative estimate of drug-likeness (QED) is 0.805. The monoisotopic (exact) mass is 390 g/mol. The Kier molecular flexibility index (Phi) is 5.96. The Balaban J connectivity index is 1.56. The molecule has 0 aliphatic carbocycles. The summed E-state index contributed by atoms with van der Waals surface area (Å²) in [5.74, 6) is -0.380. The molecule has 0 aromatic heterocycles. The molecule has 0 spiro atoms. The van der Waals surface area contributed by atoms with Crippen LogP contribution in [0.1, 0.15) is 17.3 Å². The van der Waals surface area contributed by atoms with Gasteiger partial charge in [-0.2, -0.15) is 0 Å². The summed E-state index contributed by atoms with van der Waals surface area (Å²) in [5, 5.41) is 0.447. The lowest BCUT2D eigenvalue weighted by Gasteiger charge is -2.36. The molecule has 1 saturated heterocycles. The smallest absolute Gasteiger partial charge is 0.263 e. The first-order valence-electron chi connectivity index (χ1n) is 8.70. The Labute approximate surface area is 162 Å². The van der Waals surface area contributed by atoms with Crippen molar-refractivity contribution in [3.8, 4) is 5.75 Å². The van der Waals surface area contributed by atoms with Crippen LogP contribution in [-0.4, -0.2) is 53.9 Å². The van der Waals surface area contributed by atoms with Gasteiger partial charge in [-0.15, -0.1) is 0 Å². The van der Waals surface area contributed by atoms with Gasteiger partial charge < -0.3 is 14.5 Å². The fourth-order valence-electron chi connectivity index (χ4n) is 2.97. The molecule has 0 N–H and O–H groups in total. The van der Waals surface area contributed by atoms with Crippen molar-refractivity contribution < 1.29 is 18.7 Å². The van der Waals surface area contributed by atoms with Crippen molar-refractivity contribution in [2.24, 2.45) is 0 Å². The molecule has 0 bridgehead atoms. The number of hydrogen-bond donors (Lipinski definition) is 0. The molecule has 1 fully saturated rings. The normalized spacial score (nSPS) is 15.4. The van der Waals surface area contributed by atoms with Crippen LogP contribution in [0.4, 0.5) is 4.39 Å². The van der Waals surface area contributed by atoms with Crippen LogP contribution in [0, 0.1) is 5.82 Å². The lowest BCUT2D eigenvalue weighted by molar-refractivity contribution is -0.139. The second-order valence-electron chi connectivity index (χ2n) is 6.32. The number of carbonyl (C=O) groups excluding carboxylic acids is 2. The Bertz CT molecular complexity index is 837. The molecule has 2 amide bonds. The van der Waals surface area contributed by atoms with Gasteiger partial charge in [-0.3, -0.25) is 9.59 Å². The Morgan fingerprint density at radius 2 is 1.70 bits per heavy atom. The molecule has 1 unspecified atom stereocenters. The van der Waals surface area contributed by atoms with Crippen LogP contribution in [0.5, 0.6) is 5.75 Å². The highest BCUT2D eigenvalue weighted by Crippen LogP contribution is 2.24. The number of nitrogens with zero attached hydrogens (tertiary/aromatic N) is 2. The van der Waals surface area contributed by atoms with E-state index in [9.17, 15) is 14.0 Å². The highest BCUT2D eigenvalue weighted by Gasteiger charge is 2.28. The van der Waals surface area contributed by atoms with Crippen LogP contribution in [0.25, 0.3) is 0 Å². The predicted octanol–water partition coefficient (Wildman–Crippen LogP) is 3.23. The van der Waals surface area contributed by atoms with Crippen LogP contribution >= 0.6 is 11.6 Å². The third-order valence-corrected chi connectivity index (χ3v) is 4.75. The molecule has 0 saturated carbocycles. The largest absolute Gasteiger partial charge is 0.479 e. The van der Waals surface area contributed by atoms with Crippen LogP contribution in [0.15, 0.2) is 48.5 Å². The van der Waals surface area contributed by atoms with Gasteiger partial charge in [0, 0.05) is 31.7 Å². The van der Waals surface area contributed by atoms with E-state index in [0.717, 1.165) is 0 Å². The molecule has 0 radical (unpaired) electrons. The zero-order valence-corrected chi connectivity index (χ0v) is 15.7. The van der Waals surface area contributed by atoms with Crippen molar-refractivity contribution >= 4 is 23.4 Å². The number of para-hydroxylation sites is 1. The fraction of sp³-hybridized carbons (Fsp3) is 0.300. The van der Waals surface area contributed by atoms with E-state index < -0.39 is 11.9 Å². The summed E-state index contributed by atoms with van der Waals surface area (Å²) in [5.41, 5.74) is 0.310. The Hall–Kier alpha value is -2.60. The number of amides is 2. The van der Waals surface area contributed by atoms with Gasteiger partial charge in [0.25, 0.3) is 11.8 Å². The molecule has 2 aromatic rings. The number of hydrogen-bond acceptors (Lipinski definition) is 3. The summed E-state index contributed by atoms with van der Waals surface area (Å²) in [6.07, 6.45) is -0.685. The minimum atomic E-state index is -0.685. The van der Waals surface area contributed by atoms with E-state index >= 15 is 0 Å². The minimum absolute atomic E-state index is 0.159. The van der Waals surface area contributed by atoms with Crippen molar-refractivity contribution in [2.45, 2.75) is 13.0 Å². The van der Waals surface area contributed by atoms with Crippen molar-refractivity contribution in [1.29, 1.82) is 0 Å². The molecule has 7 heteroatoms. The summed E-state index contributed by atoms with van der Waals surface area (Å²) in [7, 11) is 0. The van der Waals surface area contributed by atoms with E-state index in [0.29, 0.717) is 42.5 Å². The first-order chi connectivity index (χ1) is 13.0. The second kappa shape index (κ2) is 8.39. The maximum Gasteiger partial charge on any atom is 0.263 e. The summed E-state index contributed by atoms with van der Waals surface area (Å²) in [6.45, 7) is 3.25. The number of piperazine rings is 1. The molecule has 142 valence electrons. The molecule has 5 nitrogen and oxygen atoms in total. The highest BCUT2D eigenvalue weighted by molar-refractivity contribution is 6.32. The summed E-state index contributed by atoms with van der Waals surface area (Å²) in [4.78, 5) is 28.4. The molecule has 1 aliphatic heterocycles. The first-order valence-corrected chi connectivity index (χ1v) is 9.08. The molecule has 3 rings (SSSR count). The van der Waals surface area contributed by atoms with Gasteiger partial charge in [0.2, 0.25) is 0 Å². The molecular formula is C20H20ClFN2O3. The van der Waals surface area contributed by atoms with E-state index in [4.69, 9.17) is 16.3 Å². The van der Waals surface area contributed by atoms with Crippen LogP contribution in [0.3, 0.4) is 0 Å². The highest BCUT2D eigenvalue weighted by atomic mass is 35.5. The van der Waals surface area contributed by atoms with Gasteiger partial charge in [-0.25, -0.2) is 4.39 Å². The third-order valence-electron chi connectivity index (χ3n) is 4.44. The van der Waals surface area contributed by atoms with Crippen molar-refractivity contribution in [3.63, 3.8) is 0 Å². The average Bonchev–Trinajstić information content (AvgIpc) is 2.68. The number of halogens is 2. The first kappa shape index (κ1) is 19.2. The zero-order chi connectivity index (χ0) is 19.4. The molecular weight excluding hydrogens is 371 g/mol. The number of benzene rings is 2. The van der Waals surface area contributed by atoms with E-state index in [-0.39, 0.29) is 11.8 Å². The third kappa shape index (κ3) is 4.57. The topological polar surface area (TPSA) is 49.9 Å². The molecule has 27 heavy (non-hydrogen) atoms. The predicted molar refractivity (Wildman–Crippen MR) is 100 cm³/mol. The minimum Gasteiger partial charge on any atom is -0.479 e. The van der Waals surface area contributed by atoms with Crippen LogP contribution < -0.4 is 4.74 Å². The van der Waals surface area contributed by atoms with E-state index in [2.05, 4.69) is 0 Å². The maximum atomic E-state index is 13.3. The van der Waals surface area contributed by atoms with Gasteiger partial charge in [-0.05, 0) is 37.3 Å². The second-order valence-corrected chi connectivity index (χ2v) is 6.73. The SMILES string of the molecule is CC(Oc1ccccc1Cl)C(=O)N1CCN(C(=O)c2cccc(F)c2)CC1. The fourth-order valence-corrected chi connectivity index (χ4v) is 3.15. The lowest BCUT2D eigenvalue weighted by Crippen LogP contribution is -2.53. The van der Waals surface area contributed by atoms with Crippen molar-refractivity contribution in [1.82, 2.24) is 9.80 Å². The molecule has 1 aliphatic rings. The molecule has 1 atom stereocenters. The number of ether oxygens (including phenoxy) is 1. The van der Waals surface area contributed by atoms with Gasteiger partial charge >= 0.3 is 0 Å². The van der Waals surface area contributed by atoms with E-state index in [1.807, 2.05) is 0 Å². The maximum absolute atomic E-state index is 13.3. The van der Waals surface area contributed by atoms with Crippen LogP contribution in [-0.2, 0) is 4.79 Å². The summed E-state index contributed by atoms with van der Waals surface area (Å²) in [6, 6.07) is 12.6. The molecule has 2 aromatic carbocycles. The van der Waals surface area contributed by atoms with Crippen molar-refractivity contribution in [3.05, 3.63) is 64.9 Å². The molecule has 1 heterocycles. The van der Waals surface area contributed by atoms with Crippen LogP contribution in [0.2, 0.25) is 5.02 Å². The van der Waals surface area contributed by atoms with Gasteiger partial charge in [0.05, 0.1) is 5.02 Å². The van der Waals surface area contributed by atoms with E-state index in [1.165, 1.54) is 18.2 Å². The zero-order valence-electron chi connectivity index (χ0n) is 14.9. The van der Waals surface area contributed by atoms with Gasteiger partial charge in [-0.1, -0.05) is 29.8 Å². The lowest BCUT2D eigenvalue weighted by atomic mass is 10.1. The summed E-state index contributed by atoms with van der Waals surface area (Å²) >= 11 is 6.06. The van der Waals surface area contributed by atoms with Gasteiger partial charge in [0.1, 0.15) is 11.6 Å². The summed E-state index contributed by atoms with van der Waals surface area (Å²) < 4.78 is 19.0.